The lowest BCUT2D eigenvalue weighted by atomic mass is 10.1. The molecule has 2 aromatic carbocycles. The largest absolute Gasteiger partial charge is 0.396 e. The number of hydrogen-bond donors (Lipinski definition) is 4. The molecule has 0 radical (unpaired) electrons. The van der Waals surface area contributed by atoms with Crippen molar-refractivity contribution in [3.63, 3.8) is 0 Å². The van der Waals surface area contributed by atoms with Gasteiger partial charge in [0.2, 0.25) is 0 Å². The Morgan fingerprint density at radius 3 is 2.38 bits per heavy atom. The van der Waals surface area contributed by atoms with Crippen LogP contribution < -0.4 is 5.32 Å². The average molecular weight is 351 g/mol. The molecule has 1 saturated carbocycles. The van der Waals surface area contributed by atoms with E-state index < -0.39 is 12.2 Å². The molecule has 4 N–H and O–H groups in total. The van der Waals surface area contributed by atoms with Crippen molar-refractivity contribution in [2.75, 3.05) is 11.9 Å². The summed E-state index contributed by atoms with van der Waals surface area (Å²) in [7, 11) is 0. The third kappa shape index (κ3) is 3.03. The summed E-state index contributed by atoms with van der Waals surface area (Å²) in [5.74, 6) is 0.868. The van der Waals surface area contributed by atoms with E-state index in [0.29, 0.717) is 18.1 Å². The zero-order chi connectivity index (χ0) is 18.1. The number of hydrogen-bond acceptors (Lipinski definition) is 6. The molecule has 0 spiro atoms. The van der Waals surface area contributed by atoms with Gasteiger partial charge in [0.05, 0.1) is 17.7 Å². The summed E-state index contributed by atoms with van der Waals surface area (Å²) < 4.78 is 0. The summed E-state index contributed by atoms with van der Waals surface area (Å²) >= 11 is 0. The second-order valence-electron chi connectivity index (χ2n) is 6.69. The Labute approximate surface area is 151 Å². The lowest BCUT2D eigenvalue weighted by Crippen LogP contribution is -2.35. The van der Waals surface area contributed by atoms with Gasteiger partial charge in [0.15, 0.2) is 5.82 Å². The van der Waals surface area contributed by atoms with Gasteiger partial charge in [-0.25, -0.2) is 9.97 Å². The highest BCUT2D eigenvalue weighted by Gasteiger charge is 2.41. The molecular formula is C20H21N3O3. The highest BCUT2D eigenvalue weighted by Crippen LogP contribution is 2.31. The van der Waals surface area contributed by atoms with E-state index in [0.717, 1.165) is 16.5 Å². The minimum Gasteiger partial charge on any atom is -0.396 e. The minimum absolute atomic E-state index is 0.157. The zero-order valence-electron chi connectivity index (χ0n) is 14.2. The Balaban J connectivity index is 1.74. The van der Waals surface area contributed by atoms with Crippen molar-refractivity contribution in [3.05, 3.63) is 54.6 Å². The standard InChI is InChI=1S/C20H21N3O3/c24-11-13-10-16(18(26)17(13)25)22-20-14-8-4-5-9-15(14)21-19(23-20)12-6-2-1-3-7-12/h1-9,13,16-18,24-26H,10-11H2,(H,21,22,23)/t13-,16-,17-,18+/m1/s1. The quantitative estimate of drug-likeness (QED) is 0.572. The highest BCUT2D eigenvalue weighted by atomic mass is 16.3. The Hall–Kier alpha value is -2.54. The van der Waals surface area contributed by atoms with Gasteiger partial charge in [-0.05, 0) is 18.6 Å². The molecule has 1 aliphatic rings. The fourth-order valence-electron chi connectivity index (χ4n) is 3.53. The third-order valence-corrected chi connectivity index (χ3v) is 4.99. The fourth-order valence-corrected chi connectivity index (χ4v) is 3.53. The molecule has 1 aliphatic carbocycles. The number of fused-ring (bicyclic) bond motifs is 1. The van der Waals surface area contributed by atoms with Crippen molar-refractivity contribution < 1.29 is 15.3 Å². The molecule has 3 aromatic rings. The van der Waals surface area contributed by atoms with E-state index >= 15 is 0 Å². The molecule has 134 valence electrons. The van der Waals surface area contributed by atoms with Gasteiger partial charge in [-0.15, -0.1) is 0 Å². The van der Waals surface area contributed by atoms with Crippen LogP contribution in [-0.4, -0.2) is 50.1 Å². The SMILES string of the molecule is OC[C@H]1C[C@@H](Nc2nc(-c3ccccc3)nc3ccccc23)[C@H](O)[C@@H]1O. The Morgan fingerprint density at radius 1 is 0.923 bits per heavy atom. The van der Waals surface area contributed by atoms with Gasteiger partial charge in [0.1, 0.15) is 11.9 Å². The first-order chi connectivity index (χ1) is 12.7. The summed E-state index contributed by atoms with van der Waals surface area (Å²) in [4.78, 5) is 9.31. The van der Waals surface area contributed by atoms with Crippen LogP contribution in [0.15, 0.2) is 54.6 Å². The monoisotopic (exact) mass is 351 g/mol. The number of nitrogens with one attached hydrogen (secondary N) is 1. The van der Waals surface area contributed by atoms with E-state index in [-0.39, 0.29) is 18.6 Å². The average Bonchev–Trinajstić information content (AvgIpc) is 2.96. The maximum Gasteiger partial charge on any atom is 0.162 e. The molecule has 4 rings (SSSR count). The van der Waals surface area contributed by atoms with E-state index in [9.17, 15) is 15.3 Å². The van der Waals surface area contributed by atoms with Crippen LogP contribution in [0.2, 0.25) is 0 Å². The molecule has 6 nitrogen and oxygen atoms in total. The first kappa shape index (κ1) is 16.9. The van der Waals surface area contributed by atoms with Crippen molar-refractivity contribution in [1.29, 1.82) is 0 Å². The maximum absolute atomic E-state index is 10.3. The summed E-state index contributed by atoms with van der Waals surface area (Å²) in [5, 5.41) is 33.9. The third-order valence-electron chi connectivity index (χ3n) is 4.99. The molecule has 4 atom stereocenters. The van der Waals surface area contributed by atoms with Gasteiger partial charge >= 0.3 is 0 Å². The number of anilines is 1. The van der Waals surface area contributed by atoms with E-state index in [4.69, 9.17) is 0 Å². The Kier molecular flexibility index (Phi) is 4.55. The number of para-hydroxylation sites is 1. The molecule has 1 fully saturated rings. The highest BCUT2D eigenvalue weighted by molar-refractivity contribution is 5.90. The zero-order valence-corrected chi connectivity index (χ0v) is 14.2. The summed E-state index contributed by atoms with van der Waals surface area (Å²) in [6.45, 7) is -0.157. The van der Waals surface area contributed by atoms with Crippen LogP contribution in [0.5, 0.6) is 0 Å². The molecule has 1 aromatic heterocycles. The summed E-state index contributed by atoms with van der Waals surface area (Å²) in [6.07, 6.45) is -1.43. The van der Waals surface area contributed by atoms with Crippen LogP contribution in [-0.2, 0) is 0 Å². The smallest absolute Gasteiger partial charge is 0.162 e. The molecule has 0 amide bonds. The van der Waals surface area contributed by atoms with Gasteiger partial charge in [0.25, 0.3) is 0 Å². The second-order valence-corrected chi connectivity index (χ2v) is 6.69. The van der Waals surface area contributed by atoms with Gasteiger partial charge in [-0.3, -0.25) is 0 Å². The fraction of sp³-hybridized carbons (Fsp3) is 0.300. The second kappa shape index (κ2) is 6.99. The first-order valence-corrected chi connectivity index (χ1v) is 8.73. The van der Waals surface area contributed by atoms with Gasteiger partial charge < -0.3 is 20.6 Å². The number of rotatable bonds is 4. The van der Waals surface area contributed by atoms with Crippen LogP contribution in [0.1, 0.15) is 6.42 Å². The number of aliphatic hydroxyl groups excluding tert-OH is 3. The van der Waals surface area contributed by atoms with Crippen LogP contribution in [0.25, 0.3) is 22.3 Å². The number of aliphatic hydroxyl groups is 3. The van der Waals surface area contributed by atoms with Crippen molar-refractivity contribution in [2.24, 2.45) is 5.92 Å². The molecule has 26 heavy (non-hydrogen) atoms. The first-order valence-electron chi connectivity index (χ1n) is 8.73. The molecule has 0 unspecified atom stereocenters. The Bertz CT molecular complexity index is 903. The molecule has 1 heterocycles. The topological polar surface area (TPSA) is 98.5 Å². The van der Waals surface area contributed by atoms with Crippen LogP contribution >= 0.6 is 0 Å². The van der Waals surface area contributed by atoms with Crippen LogP contribution in [0.3, 0.4) is 0 Å². The summed E-state index contributed by atoms with van der Waals surface area (Å²) in [5.41, 5.74) is 1.71. The van der Waals surface area contributed by atoms with E-state index in [1.807, 2.05) is 54.6 Å². The van der Waals surface area contributed by atoms with Gasteiger partial charge in [-0.2, -0.15) is 0 Å². The van der Waals surface area contributed by atoms with Crippen molar-refractivity contribution in [1.82, 2.24) is 9.97 Å². The normalized spacial score (nSPS) is 25.5. The summed E-state index contributed by atoms with van der Waals surface area (Å²) in [6, 6.07) is 17.0. The Morgan fingerprint density at radius 2 is 1.65 bits per heavy atom. The predicted molar refractivity (Wildman–Crippen MR) is 99.6 cm³/mol. The number of benzene rings is 2. The number of nitrogens with zero attached hydrogens (tertiary/aromatic N) is 2. The van der Waals surface area contributed by atoms with Crippen molar-refractivity contribution in [3.8, 4) is 11.4 Å². The predicted octanol–water partition coefficient (Wildman–Crippen LogP) is 1.81. The van der Waals surface area contributed by atoms with Crippen LogP contribution in [0.4, 0.5) is 5.82 Å². The van der Waals surface area contributed by atoms with Gasteiger partial charge in [-0.1, -0.05) is 42.5 Å². The molecule has 0 bridgehead atoms. The van der Waals surface area contributed by atoms with E-state index in [2.05, 4.69) is 15.3 Å². The molecule has 6 heteroatoms. The lowest BCUT2D eigenvalue weighted by Gasteiger charge is -2.20. The molecular weight excluding hydrogens is 330 g/mol. The van der Waals surface area contributed by atoms with Crippen molar-refractivity contribution >= 4 is 16.7 Å². The van der Waals surface area contributed by atoms with Crippen molar-refractivity contribution in [2.45, 2.75) is 24.7 Å². The van der Waals surface area contributed by atoms with Gasteiger partial charge in [0, 0.05) is 23.5 Å². The minimum atomic E-state index is -0.957. The molecule has 0 saturated heterocycles. The van der Waals surface area contributed by atoms with E-state index in [1.165, 1.54) is 0 Å². The lowest BCUT2D eigenvalue weighted by molar-refractivity contribution is 0.00446. The number of aromatic nitrogens is 2. The maximum atomic E-state index is 10.3. The molecule has 0 aliphatic heterocycles. The van der Waals surface area contributed by atoms with Crippen LogP contribution in [0, 0.1) is 5.92 Å². The van der Waals surface area contributed by atoms with E-state index in [1.54, 1.807) is 0 Å².